The maximum absolute atomic E-state index is 13.3. The summed E-state index contributed by atoms with van der Waals surface area (Å²) in [5.41, 5.74) is -1.86. The molecule has 4 aliphatic carbocycles. The Hall–Kier alpha value is -0.330. The van der Waals surface area contributed by atoms with Crippen molar-refractivity contribution in [3.63, 3.8) is 0 Å². The van der Waals surface area contributed by atoms with Crippen LogP contribution in [0.2, 0.25) is 0 Å². The van der Waals surface area contributed by atoms with Crippen LogP contribution in [-0.2, 0) is 14.4 Å². The summed E-state index contributed by atoms with van der Waals surface area (Å²) in [6.07, 6.45) is 7.82. The van der Waals surface area contributed by atoms with E-state index in [0.717, 1.165) is 18.4 Å². The molecule has 0 amide bonds. The van der Waals surface area contributed by atoms with E-state index in [-0.39, 0.29) is 73.5 Å². The van der Waals surface area contributed by atoms with Crippen LogP contribution in [0.15, 0.2) is 23.8 Å². The van der Waals surface area contributed by atoms with Crippen LogP contribution in [0.5, 0.6) is 0 Å². The van der Waals surface area contributed by atoms with Crippen molar-refractivity contribution in [2.75, 3.05) is 6.61 Å². The quantitative estimate of drug-likeness (QED) is 0.671. The molecule has 4 aliphatic rings. The number of Topliss-reactive ketones (excluding diaryl/α,β-unsaturated/α-hetero) is 2. The molecule has 0 radical (unpaired) electrons. The number of aliphatic hydroxyl groups excluding tert-OH is 1. The van der Waals surface area contributed by atoms with E-state index < -0.39 is 28.8 Å². The number of ketones is 3. The first kappa shape index (κ1) is 21.4. The van der Waals surface area contributed by atoms with Gasteiger partial charge < -0.3 is 10.2 Å². The molecule has 0 bridgehead atoms. The topological polar surface area (TPSA) is 91.7 Å². The van der Waals surface area contributed by atoms with Gasteiger partial charge in [0.05, 0.1) is 0 Å². The minimum atomic E-state index is -1.62. The molecule has 1 unspecified atom stereocenters. The Morgan fingerprint density at radius 2 is 1.96 bits per heavy atom. The average Bonchev–Trinajstić information content (AvgIpc) is 2.86. The predicted octanol–water partition coefficient (Wildman–Crippen LogP) is 0.850. The predicted molar refractivity (Wildman–Crippen MR) is 103 cm³/mol. The van der Waals surface area contributed by atoms with Gasteiger partial charge in [0, 0.05) is 23.2 Å². The van der Waals surface area contributed by atoms with Crippen LogP contribution < -0.4 is 0 Å². The van der Waals surface area contributed by atoms with E-state index in [1.54, 1.807) is 12.2 Å². The van der Waals surface area contributed by atoms with E-state index in [2.05, 4.69) is 0 Å². The SMILES string of the molecule is C[C@]12C=CC(=O)C=C1CC[C@@H]1C3CC[C@](O)(C(=O)CO)[C@@]3(C)CC(=O)[C@H]12.[CaH2]. The second kappa shape index (κ2) is 6.87. The fourth-order valence-corrected chi connectivity index (χ4v) is 6.62. The first-order chi connectivity index (χ1) is 12.2. The standard InChI is InChI=1S/C21H26O5.Ca.2H/c1-19-7-5-13(23)9-12(19)3-4-14-15-6-8-21(26,17(25)11-22)20(15,2)10-16(24)18(14)19;;;/h5,7,9,14-15,18,22,26H,3-4,6,8,10-11H2,1-2H3;;;/t14-,15?,18+,19+,20+,21+;;;/m1.../s1. The average molecular weight is 401 g/mol. The number of rotatable bonds is 2. The van der Waals surface area contributed by atoms with Crippen molar-refractivity contribution < 1.29 is 24.6 Å². The van der Waals surface area contributed by atoms with Gasteiger partial charge in [0.2, 0.25) is 0 Å². The number of carbonyl (C=O) groups is 3. The van der Waals surface area contributed by atoms with Gasteiger partial charge in [-0.2, -0.15) is 0 Å². The molecule has 0 saturated heterocycles. The summed E-state index contributed by atoms with van der Waals surface area (Å²) in [7, 11) is 0. The molecule has 27 heavy (non-hydrogen) atoms. The van der Waals surface area contributed by atoms with Crippen LogP contribution >= 0.6 is 0 Å². The Morgan fingerprint density at radius 3 is 2.63 bits per heavy atom. The first-order valence-corrected chi connectivity index (χ1v) is 9.51. The maximum atomic E-state index is 13.3. The van der Waals surface area contributed by atoms with Crippen molar-refractivity contribution in [3.05, 3.63) is 23.8 Å². The first-order valence-electron chi connectivity index (χ1n) is 9.51. The van der Waals surface area contributed by atoms with E-state index in [4.69, 9.17) is 0 Å². The summed E-state index contributed by atoms with van der Waals surface area (Å²) in [6, 6.07) is 0. The molecule has 5 nitrogen and oxygen atoms in total. The molecule has 144 valence electrons. The van der Waals surface area contributed by atoms with Gasteiger partial charge in [-0.1, -0.05) is 25.5 Å². The monoisotopic (exact) mass is 400 g/mol. The third-order valence-electron chi connectivity index (χ3n) is 8.01. The molecular weight excluding hydrogens is 372 g/mol. The molecule has 0 spiro atoms. The molecule has 3 fully saturated rings. The van der Waals surface area contributed by atoms with Crippen molar-refractivity contribution in [3.8, 4) is 0 Å². The van der Waals surface area contributed by atoms with Crippen molar-refractivity contribution >= 4 is 55.1 Å². The Morgan fingerprint density at radius 1 is 1.26 bits per heavy atom. The molecule has 6 atom stereocenters. The van der Waals surface area contributed by atoms with Crippen molar-refractivity contribution in [1.29, 1.82) is 0 Å². The van der Waals surface area contributed by atoms with Gasteiger partial charge in [0.25, 0.3) is 0 Å². The normalized spacial score (nSPS) is 45.3. The third kappa shape index (κ3) is 2.72. The summed E-state index contributed by atoms with van der Waals surface area (Å²) in [4.78, 5) is 37.4. The Bertz CT molecular complexity index is 771. The molecule has 6 heteroatoms. The summed E-state index contributed by atoms with van der Waals surface area (Å²) in [5.74, 6) is -0.590. The summed E-state index contributed by atoms with van der Waals surface area (Å²) < 4.78 is 0. The molecule has 0 aromatic heterocycles. The number of hydrogen-bond acceptors (Lipinski definition) is 5. The fraction of sp³-hybridized carbons (Fsp3) is 0.667. The summed E-state index contributed by atoms with van der Waals surface area (Å²) in [6.45, 7) is 3.19. The van der Waals surface area contributed by atoms with E-state index in [1.165, 1.54) is 0 Å². The van der Waals surface area contributed by atoms with Crippen molar-refractivity contribution in [2.24, 2.45) is 28.6 Å². The molecule has 0 aromatic carbocycles. The second-order valence-corrected chi connectivity index (χ2v) is 9.02. The number of hydrogen-bond donors (Lipinski definition) is 2. The minimum absolute atomic E-state index is 0. The number of aliphatic hydroxyl groups is 2. The summed E-state index contributed by atoms with van der Waals surface area (Å²) in [5, 5.41) is 20.5. The Labute approximate surface area is 189 Å². The van der Waals surface area contributed by atoms with Crippen LogP contribution in [0.4, 0.5) is 0 Å². The van der Waals surface area contributed by atoms with Crippen LogP contribution in [0, 0.1) is 28.6 Å². The molecule has 0 heterocycles. The van der Waals surface area contributed by atoms with E-state index >= 15 is 0 Å². The van der Waals surface area contributed by atoms with Crippen LogP contribution in [0.3, 0.4) is 0 Å². The Kier molecular flexibility index (Phi) is 5.44. The van der Waals surface area contributed by atoms with Crippen LogP contribution in [0.25, 0.3) is 0 Å². The molecule has 2 N–H and O–H groups in total. The van der Waals surface area contributed by atoms with Crippen molar-refractivity contribution in [2.45, 2.75) is 51.6 Å². The fourth-order valence-electron chi connectivity index (χ4n) is 6.62. The van der Waals surface area contributed by atoms with Crippen LogP contribution in [0.1, 0.15) is 46.0 Å². The van der Waals surface area contributed by atoms with Gasteiger partial charge in [0.1, 0.15) is 18.0 Å². The molecular formula is C21H28CaO5. The van der Waals surface area contributed by atoms with E-state index in [1.807, 2.05) is 19.9 Å². The van der Waals surface area contributed by atoms with Gasteiger partial charge in [-0.05, 0) is 49.7 Å². The zero-order valence-electron chi connectivity index (χ0n) is 15.3. The number of fused-ring (bicyclic) bond motifs is 5. The number of carbonyl (C=O) groups excluding carboxylic acids is 3. The van der Waals surface area contributed by atoms with E-state index in [9.17, 15) is 24.6 Å². The van der Waals surface area contributed by atoms with Crippen molar-refractivity contribution in [1.82, 2.24) is 0 Å². The van der Waals surface area contributed by atoms with Gasteiger partial charge in [0.15, 0.2) is 11.6 Å². The number of allylic oxidation sites excluding steroid dienone is 4. The molecule has 0 aliphatic heterocycles. The van der Waals surface area contributed by atoms with Gasteiger partial charge in [-0.15, -0.1) is 0 Å². The molecule has 3 saturated carbocycles. The van der Waals surface area contributed by atoms with Gasteiger partial charge in [-0.25, -0.2) is 0 Å². The zero-order chi connectivity index (χ0) is 18.9. The van der Waals surface area contributed by atoms with Crippen LogP contribution in [-0.4, -0.2) is 77.5 Å². The second-order valence-electron chi connectivity index (χ2n) is 9.02. The molecule has 0 aromatic rings. The van der Waals surface area contributed by atoms with Gasteiger partial charge in [-0.3, -0.25) is 14.4 Å². The third-order valence-corrected chi connectivity index (χ3v) is 8.01. The summed E-state index contributed by atoms with van der Waals surface area (Å²) >= 11 is 0. The Balaban J connectivity index is 0.00000210. The van der Waals surface area contributed by atoms with Gasteiger partial charge >= 0.3 is 37.7 Å². The zero-order valence-corrected chi connectivity index (χ0v) is 15.3. The molecule has 4 rings (SSSR count). The van der Waals surface area contributed by atoms with E-state index in [0.29, 0.717) is 12.8 Å².